The Morgan fingerprint density at radius 2 is 2.00 bits per heavy atom. The Hall–Kier alpha value is 0.01000. The van der Waals surface area contributed by atoms with E-state index >= 15 is 0 Å². The molecule has 16 heavy (non-hydrogen) atoms. The van der Waals surface area contributed by atoms with E-state index in [2.05, 4.69) is 58.7 Å². The van der Waals surface area contributed by atoms with E-state index in [0.29, 0.717) is 6.04 Å². The van der Waals surface area contributed by atoms with Crippen molar-refractivity contribution in [3.63, 3.8) is 0 Å². The van der Waals surface area contributed by atoms with Crippen LogP contribution in [0.25, 0.3) is 0 Å². The molecule has 1 aromatic carbocycles. The van der Waals surface area contributed by atoms with Gasteiger partial charge >= 0.3 is 0 Å². The fourth-order valence-corrected chi connectivity index (χ4v) is 2.38. The second kappa shape index (κ2) is 8.15. The van der Waals surface area contributed by atoms with Gasteiger partial charge in [0, 0.05) is 10.5 Å². The highest BCUT2D eigenvalue weighted by molar-refractivity contribution is 9.10. The molecular weight excluding hydrogens is 282 g/mol. The molecule has 1 N–H and O–H groups in total. The van der Waals surface area contributed by atoms with Crippen molar-refractivity contribution in [3.8, 4) is 0 Å². The van der Waals surface area contributed by atoms with Crippen LogP contribution in [0.5, 0.6) is 0 Å². The van der Waals surface area contributed by atoms with Crippen LogP contribution < -0.4 is 5.32 Å². The highest BCUT2D eigenvalue weighted by Gasteiger charge is 2.07. The summed E-state index contributed by atoms with van der Waals surface area (Å²) in [6, 6.07) is 9.11. The lowest BCUT2D eigenvalue weighted by molar-refractivity contribution is 0.519. The lowest BCUT2D eigenvalue weighted by Crippen LogP contribution is -2.22. The summed E-state index contributed by atoms with van der Waals surface area (Å²) in [6.07, 6.45) is 4.54. The summed E-state index contributed by atoms with van der Waals surface area (Å²) in [6.45, 7) is 3.34. The quantitative estimate of drug-likeness (QED) is 0.756. The second-order valence-electron chi connectivity index (χ2n) is 3.81. The minimum absolute atomic E-state index is 0.495. The number of rotatable bonds is 7. The van der Waals surface area contributed by atoms with E-state index in [0.717, 1.165) is 17.4 Å². The first kappa shape index (κ1) is 14.1. The van der Waals surface area contributed by atoms with Crippen LogP contribution in [-0.2, 0) is 0 Å². The topological polar surface area (TPSA) is 12.0 Å². The zero-order chi connectivity index (χ0) is 11.8. The molecule has 0 aliphatic carbocycles. The molecule has 0 aliphatic rings. The average molecular weight is 302 g/mol. The number of nitrogens with one attached hydrogen (secondary N) is 1. The van der Waals surface area contributed by atoms with Crippen LogP contribution in [0.1, 0.15) is 31.4 Å². The summed E-state index contributed by atoms with van der Waals surface area (Å²) in [5, 5.41) is 3.61. The molecule has 0 saturated carbocycles. The summed E-state index contributed by atoms with van der Waals surface area (Å²) in [5.74, 6) is 1.24. The Morgan fingerprint density at radius 3 is 2.56 bits per heavy atom. The highest BCUT2D eigenvalue weighted by Crippen LogP contribution is 2.19. The molecule has 0 saturated heterocycles. The summed E-state index contributed by atoms with van der Waals surface area (Å²) in [7, 11) is 0. The molecule has 3 heteroatoms. The zero-order valence-electron chi connectivity index (χ0n) is 10.0. The van der Waals surface area contributed by atoms with Crippen LogP contribution in [0, 0.1) is 0 Å². The van der Waals surface area contributed by atoms with E-state index < -0.39 is 0 Å². The molecule has 0 spiro atoms. The Kier molecular flexibility index (Phi) is 7.17. The van der Waals surface area contributed by atoms with E-state index in [1.165, 1.54) is 17.7 Å². The Balaban J connectivity index is 2.44. The van der Waals surface area contributed by atoms with Crippen molar-refractivity contribution in [2.75, 3.05) is 18.6 Å². The van der Waals surface area contributed by atoms with E-state index in [1.807, 2.05) is 11.8 Å². The molecule has 0 aliphatic heterocycles. The largest absolute Gasteiger partial charge is 0.310 e. The molecule has 0 radical (unpaired) electrons. The summed E-state index contributed by atoms with van der Waals surface area (Å²) >= 11 is 5.38. The van der Waals surface area contributed by atoms with Crippen molar-refractivity contribution in [2.24, 2.45) is 0 Å². The first-order chi connectivity index (χ1) is 7.77. The SMILES string of the molecule is CCC(NCCCSC)c1ccc(Br)cc1. The lowest BCUT2D eigenvalue weighted by Gasteiger charge is -2.17. The monoisotopic (exact) mass is 301 g/mol. The lowest BCUT2D eigenvalue weighted by atomic mass is 10.0. The number of benzene rings is 1. The van der Waals surface area contributed by atoms with E-state index in [4.69, 9.17) is 0 Å². The molecule has 0 heterocycles. The maximum absolute atomic E-state index is 3.61. The molecule has 1 nitrogen and oxygen atoms in total. The number of thioether (sulfide) groups is 1. The van der Waals surface area contributed by atoms with E-state index in [1.54, 1.807) is 0 Å². The van der Waals surface area contributed by atoms with Crippen LogP contribution in [0.3, 0.4) is 0 Å². The van der Waals surface area contributed by atoms with Gasteiger partial charge in [0.15, 0.2) is 0 Å². The van der Waals surface area contributed by atoms with Crippen molar-refractivity contribution in [1.29, 1.82) is 0 Å². The molecule has 0 aromatic heterocycles. The molecule has 0 amide bonds. The maximum Gasteiger partial charge on any atom is 0.0317 e. The van der Waals surface area contributed by atoms with Gasteiger partial charge in [-0.2, -0.15) is 11.8 Å². The molecule has 0 bridgehead atoms. The van der Waals surface area contributed by atoms with Crippen LogP contribution in [0.4, 0.5) is 0 Å². The fraction of sp³-hybridized carbons (Fsp3) is 0.538. The fourth-order valence-electron chi connectivity index (χ4n) is 1.69. The molecular formula is C13H20BrNS. The predicted molar refractivity (Wildman–Crippen MR) is 78.2 cm³/mol. The minimum Gasteiger partial charge on any atom is -0.310 e. The van der Waals surface area contributed by atoms with Crippen LogP contribution in [0.2, 0.25) is 0 Å². The van der Waals surface area contributed by atoms with Crippen molar-refractivity contribution in [1.82, 2.24) is 5.32 Å². The van der Waals surface area contributed by atoms with Gasteiger partial charge in [0.05, 0.1) is 0 Å². The molecule has 0 fully saturated rings. The Labute approximate surface area is 112 Å². The van der Waals surface area contributed by atoms with Crippen LogP contribution in [-0.4, -0.2) is 18.6 Å². The third kappa shape index (κ3) is 4.89. The van der Waals surface area contributed by atoms with Gasteiger partial charge in [-0.05, 0) is 49.1 Å². The average Bonchev–Trinajstić information content (AvgIpc) is 2.31. The van der Waals surface area contributed by atoms with E-state index in [9.17, 15) is 0 Å². The second-order valence-corrected chi connectivity index (χ2v) is 5.71. The zero-order valence-corrected chi connectivity index (χ0v) is 12.4. The summed E-state index contributed by atoms with van der Waals surface area (Å²) in [5.41, 5.74) is 1.38. The predicted octanol–water partition coefficient (Wildman–Crippen LogP) is 4.24. The van der Waals surface area contributed by atoms with Crippen molar-refractivity contribution < 1.29 is 0 Å². The van der Waals surface area contributed by atoms with Crippen LogP contribution in [0.15, 0.2) is 28.7 Å². The first-order valence-corrected chi connectivity index (χ1v) is 7.94. The molecule has 1 aromatic rings. The minimum atomic E-state index is 0.495. The Morgan fingerprint density at radius 1 is 1.31 bits per heavy atom. The molecule has 90 valence electrons. The normalized spacial score (nSPS) is 12.7. The van der Waals surface area contributed by atoms with Crippen molar-refractivity contribution >= 4 is 27.7 Å². The maximum atomic E-state index is 3.61. The van der Waals surface area contributed by atoms with Gasteiger partial charge in [0.1, 0.15) is 0 Å². The van der Waals surface area contributed by atoms with Crippen LogP contribution >= 0.6 is 27.7 Å². The van der Waals surface area contributed by atoms with Gasteiger partial charge in [-0.15, -0.1) is 0 Å². The first-order valence-electron chi connectivity index (χ1n) is 5.75. The van der Waals surface area contributed by atoms with Gasteiger partial charge in [-0.3, -0.25) is 0 Å². The van der Waals surface area contributed by atoms with Crippen molar-refractivity contribution in [2.45, 2.75) is 25.8 Å². The van der Waals surface area contributed by atoms with Crippen molar-refractivity contribution in [3.05, 3.63) is 34.3 Å². The standard InChI is InChI=1S/C13H20BrNS/c1-3-13(15-9-4-10-16-2)11-5-7-12(14)8-6-11/h5-8,13,15H,3-4,9-10H2,1-2H3. The number of halogens is 1. The number of hydrogen-bond acceptors (Lipinski definition) is 2. The van der Waals surface area contributed by atoms with Gasteiger partial charge in [-0.1, -0.05) is 35.0 Å². The molecule has 1 unspecified atom stereocenters. The smallest absolute Gasteiger partial charge is 0.0317 e. The summed E-state index contributed by atoms with van der Waals surface area (Å²) < 4.78 is 1.15. The van der Waals surface area contributed by atoms with Gasteiger partial charge in [0.25, 0.3) is 0 Å². The van der Waals surface area contributed by atoms with Gasteiger partial charge < -0.3 is 5.32 Å². The van der Waals surface area contributed by atoms with E-state index in [-0.39, 0.29) is 0 Å². The number of hydrogen-bond donors (Lipinski definition) is 1. The Bertz CT molecular complexity index is 286. The highest BCUT2D eigenvalue weighted by atomic mass is 79.9. The summed E-state index contributed by atoms with van der Waals surface area (Å²) in [4.78, 5) is 0. The third-order valence-corrected chi connectivity index (χ3v) is 3.82. The third-order valence-electron chi connectivity index (χ3n) is 2.60. The van der Waals surface area contributed by atoms with Gasteiger partial charge in [0.2, 0.25) is 0 Å². The van der Waals surface area contributed by atoms with Gasteiger partial charge in [-0.25, -0.2) is 0 Å². The molecule has 1 rings (SSSR count). The molecule has 1 atom stereocenters.